The zero-order valence-corrected chi connectivity index (χ0v) is 11.3. The van der Waals surface area contributed by atoms with Gasteiger partial charge in [-0.05, 0) is 19.1 Å². The summed E-state index contributed by atoms with van der Waals surface area (Å²) in [5.74, 6) is -0.369. The summed E-state index contributed by atoms with van der Waals surface area (Å²) in [5, 5.41) is 0.853. The highest BCUT2D eigenvalue weighted by Gasteiger charge is 2.16. The maximum absolute atomic E-state index is 12.1. The number of aromatic nitrogens is 2. The first kappa shape index (κ1) is 13.8. The summed E-state index contributed by atoms with van der Waals surface area (Å²) in [4.78, 5) is 31.2. The Kier molecular flexibility index (Phi) is 4.14. The molecule has 6 nitrogen and oxygen atoms in total. The maximum atomic E-state index is 12.1. The minimum absolute atomic E-state index is 0.0193. The number of nitrogens with zero attached hydrogens (tertiary/aromatic N) is 2. The van der Waals surface area contributed by atoms with Crippen molar-refractivity contribution in [1.82, 2.24) is 14.9 Å². The van der Waals surface area contributed by atoms with E-state index in [0.717, 1.165) is 16.5 Å². The maximum Gasteiger partial charge on any atom is 0.298 e. The Hall–Kier alpha value is -2.63. The van der Waals surface area contributed by atoms with E-state index in [2.05, 4.69) is 9.97 Å². The summed E-state index contributed by atoms with van der Waals surface area (Å²) in [6, 6.07) is 1.83. The predicted molar refractivity (Wildman–Crippen MR) is 74.5 cm³/mol. The second-order valence-corrected chi connectivity index (χ2v) is 4.21. The van der Waals surface area contributed by atoms with Gasteiger partial charge in [-0.15, -0.1) is 0 Å². The van der Waals surface area contributed by atoms with Crippen molar-refractivity contribution in [3.63, 3.8) is 0 Å². The molecule has 0 bridgehead atoms. The minimum Gasteiger partial charge on any atom is -0.423 e. The van der Waals surface area contributed by atoms with Crippen LogP contribution in [-0.4, -0.2) is 40.8 Å². The topological polar surface area (TPSA) is 75.3 Å². The summed E-state index contributed by atoms with van der Waals surface area (Å²) in [7, 11) is 1.64. The largest absolute Gasteiger partial charge is 0.423 e. The van der Waals surface area contributed by atoms with Gasteiger partial charge in [0.1, 0.15) is 0 Å². The van der Waals surface area contributed by atoms with E-state index >= 15 is 0 Å². The first-order valence-corrected chi connectivity index (χ1v) is 6.16. The van der Waals surface area contributed by atoms with Gasteiger partial charge in [0.05, 0.1) is 0 Å². The number of ether oxygens (including phenoxy) is 1. The Morgan fingerprint density at radius 2 is 2.35 bits per heavy atom. The summed E-state index contributed by atoms with van der Waals surface area (Å²) in [6.45, 7) is 2.61. The molecule has 0 spiro atoms. The Morgan fingerprint density at radius 1 is 1.55 bits per heavy atom. The van der Waals surface area contributed by atoms with Gasteiger partial charge in [-0.1, -0.05) is 0 Å². The number of hydrogen-bond acceptors (Lipinski definition) is 4. The molecule has 0 saturated heterocycles. The second kappa shape index (κ2) is 6.01. The molecule has 0 aromatic carbocycles. The number of amides is 1. The molecule has 0 fully saturated rings. The lowest BCUT2D eigenvalue weighted by atomic mass is 10.2. The zero-order chi connectivity index (χ0) is 14.5. The molecule has 2 aromatic heterocycles. The van der Waals surface area contributed by atoms with Crippen molar-refractivity contribution in [2.24, 2.45) is 0 Å². The number of hydrogen-bond donors (Lipinski definition) is 1. The van der Waals surface area contributed by atoms with Gasteiger partial charge in [0.15, 0.2) is 5.76 Å². The third-order valence-corrected chi connectivity index (χ3v) is 3.01. The zero-order valence-electron chi connectivity index (χ0n) is 11.3. The molecular weight excluding hydrogens is 258 g/mol. The van der Waals surface area contributed by atoms with Crippen LogP contribution in [0, 0.1) is 0 Å². The molecule has 0 radical (unpaired) electrons. The lowest BCUT2D eigenvalue weighted by Crippen LogP contribution is -2.28. The van der Waals surface area contributed by atoms with E-state index < -0.39 is 0 Å². The molecule has 1 amide bonds. The van der Waals surface area contributed by atoms with Crippen molar-refractivity contribution >= 4 is 29.4 Å². The number of carbonyl (C=O) groups is 2. The molecule has 20 heavy (non-hydrogen) atoms. The molecule has 0 aliphatic carbocycles. The molecule has 2 rings (SSSR count). The molecule has 1 N–H and O–H groups in total. The molecule has 6 heteroatoms. The van der Waals surface area contributed by atoms with Crippen LogP contribution in [0.4, 0.5) is 0 Å². The van der Waals surface area contributed by atoms with E-state index in [1.165, 1.54) is 11.0 Å². The van der Waals surface area contributed by atoms with Crippen molar-refractivity contribution in [3.05, 3.63) is 36.0 Å². The minimum atomic E-state index is -0.349. The van der Waals surface area contributed by atoms with Crippen LogP contribution in [0.3, 0.4) is 0 Å². The SMILES string of the molecule is CCN(C)C(=O)/C(=C/c1c[nH]c2ccncc12)OC=O. The summed E-state index contributed by atoms with van der Waals surface area (Å²) in [6.07, 6.45) is 6.62. The highest BCUT2D eigenvalue weighted by molar-refractivity contribution is 5.99. The molecule has 2 aromatic rings. The van der Waals surface area contributed by atoms with Crippen molar-refractivity contribution in [3.8, 4) is 0 Å². The van der Waals surface area contributed by atoms with E-state index in [0.29, 0.717) is 6.54 Å². The molecule has 0 saturated carbocycles. The lowest BCUT2D eigenvalue weighted by Gasteiger charge is -2.15. The average Bonchev–Trinajstić information content (AvgIpc) is 2.88. The van der Waals surface area contributed by atoms with Gasteiger partial charge in [0.2, 0.25) is 0 Å². The fourth-order valence-electron chi connectivity index (χ4n) is 1.77. The predicted octanol–water partition coefficient (Wildman–Crippen LogP) is 1.56. The fraction of sp³-hybridized carbons (Fsp3) is 0.214. The number of likely N-dealkylation sites (N-methyl/N-ethyl adjacent to an activating group) is 1. The van der Waals surface area contributed by atoms with Crippen LogP contribution in [-0.2, 0) is 14.3 Å². The van der Waals surface area contributed by atoms with Crippen molar-refractivity contribution in [1.29, 1.82) is 0 Å². The van der Waals surface area contributed by atoms with Gasteiger partial charge in [0.25, 0.3) is 12.4 Å². The van der Waals surface area contributed by atoms with Gasteiger partial charge in [-0.3, -0.25) is 14.6 Å². The number of aromatic amines is 1. The Morgan fingerprint density at radius 3 is 3.05 bits per heavy atom. The third kappa shape index (κ3) is 2.69. The van der Waals surface area contributed by atoms with Gasteiger partial charge >= 0.3 is 0 Å². The molecular formula is C14H15N3O3. The van der Waals surface area contributed by atoms with E-state index in [9.17, 15) is 9.59 Å². The highest BCUT2D eigenvalue weighted by atomic mass is 16.5. The number of H-pyrrole nitrogens is 1. The van der Waals surface area contributed by atoms with Crippen LogP contribution in [0.15, 0.2) is 30.4 Å². The van der Waals surface area contributed by atoms with Crippen molar-refractivity contribution in [2.45, 2.75) is 6.92 Å². The summed E-state index contributed by atoms with van der Waals surface area (Å²) < 4.78 is 4.80. The molecule has 0 atom stereocenters. The van der Waals surface area contributed by atoms with Crippen LogP contribution in [0.5, 0.6) is 0 Å². The smallest absolute Gasteiger partial charge is 0.298 e. The normalized spacial score (nSPS) is 11.4. The first-order chi connectivity index (χ1) is 9.67. The van der Waals surface area contributed by atoms with E-state index in [1.54, 1.807) is 25.6 Å². The fourth-order valence-corrected chi connectivity index (χ4v) is 1.77. The van der Waals surface area contributed by atoms with E-state index in [4.69, 9.17) is 4.74 Å². The molecule has 104 valence electrons. The molecule has 0 aliphatic rings. The molecule has 2 heterocycles. The Balaban J connectivity index is 2.42. The summed E-state index contributed by atoms with van der Waals surface area (Å²) in [5.41, 5.74) is 1.64. The van der Waals surface area contributed by atoms with E-state index in [-0.39, 0.29) is 18.1 Å². The number of fused-ring (bicyclic) bond motifs is 1. The standard InChI is InChI=1S/C14H15N3O3/c1-3-17(2)14(19)13(20-9-18)6-10-7-16-12-4-5-15-8-11(10)12/h4-9,16H,3H2,1-2H3/b13-6-. The van der Waals surface area contributed by atoms with Crippen LogP contribution in [0.1, 0.15) is 12.5 Å². The van der Waals surface area contributed by atoms with Crippen molar-refractivity contribution in [2.75, 3.05) is 13.6 Å². The van der Waals surface area contributed by atoms with Crippen LogP contribution in [0.25, 0.3) is 17.0 Å². The number of nitrogens with one attached hydrogen (secondary N) is 1. The Bertz CT molecular complexity index is 660. The number of carbonyl (C=O) groups excluding carboxylic acids is 2. The quantitative estimate of drug-likeness (QED) is 0.509. The van der Waals surface area contributed by atoms with Gasteiger partial charge in [0, 0.05) is 48.6 Å². The van der Waals surface area contributed by atoms with Gasteiger partial charge < -0.3 is 14.6 Å². The first-order valence-electron chi connectivity index (χ1n) is 6.16. The number of rotatable bonds is 5. The Labute approximate surface area is 116 Å². The highest BCUT2D eigenvalue weighted by Crippen LogP contribution is 2.20. The van der Waals surface area contributed by atoms with Crippen LogP contribution < -0.4 is 0 Å². The second-order valence-electron chi connectivity index (χ2n) is 4.21. The lowest BCUT2D eigenvalue weighted by molar-refractivity contribution is -0.135. The third-order valence-electron chi connectivity index (χ3n) is 3.01. The van der Waals surface area contributed by atoms with Crippen LogP contribution >= 0.6 is 0 Å². The summed E-state index contributed by atoms with van der Waals surface area (Å²) >= 11 is 0. The van der Waals surface area contributed by atoms with Gasteiger partial charge in [-0.25, -0.2) is 0 Å². The molecule has 0 unspecified atom stereocenters. The monoisotopic (exact) mass is 273 g/mol. The van der Waals surface area contributed by atoms with E-state index in [1.807, 2.05) is 13.0 Å². The van der Waals surface area contributed by atoms with Crippen LogP contribution in [0.2, 0.25) is 0 Å². The average molecular weight is 273 g/mol. The number of pyridine rings is 1. The molecule has 0 aliphatic heterocycles. The van der Waals surface area contributed by atoms with Gasteiger partial charge in [-0.2, -0.15) is 0 Å². The van der Waals surface area contributed by atoms with Crippen molar-refractivity contribution < 1.29 is 14.3 Å².